The van der Waals surface area contributed by atoms with Gasteiger partial charge in [-0.15, -0.1) is 0 Å². The minimum absolute atomic E-state index is 0. The third kappa shape index (κ3) is 9.75. The molecule has 0 amide bonds. The first kappa shape index (κ1) is 38.9. The van der Waals surface area contributed by atoms with Gasteiger partial charge in [-0.25, -0.2) is 43.9 Å². The van der Waals surface area contributed by atoms with Gasteiger partial charge in [-0.1, -0.05) is 0 Å². The van der Waals surface area contributed by atoms with Gasteiger partial charge < -0.3 is 42.9 Å². The van der Waals surface area contributed by atoms with Gasteiger partial charge in [-0.2, -0.15) is 0 Å². The summed E-state index contributed by atoms with van der Waals surface area (Å²) in [5.41, 5.74) is -2.06. The normalized spacial score (nSPS) is 11.5. The molecule has 0 saturated carbocycles. The Hall–Kier alpha value is -1.23. The molecule has 0 aliphatic heterocycles. The molecule has 0 bridgehead atoms. The molecule has 0 aliphatic rings. The van der Waals surface area contributed by atoms with Crippen molar-refractivity contribution < 1.29 is 91.0 Å². The van der Waals surface area contributed by atoms with Crippen molar-refractivity contribution >= 4 is 10.8 Å². The lowest BCUT2D eigenvalue weighted by atomic mass is 10.1. The topological polar surface area (TPSA) is 17.1 Å². The second-order valence-corrected chi connectivity index (χ2v) is 11.0. The monoisotopic (exact) mass is 714 g/mol. The highest BCUT2D eigenvalue weighted by Gasteiger charge is 2.33. The average Bonchev–Trinajstić information content (AvgIpc) is 2.78. The van der Waals surface area contributed by atoms with Gasteiger partial charge in [0.1, 0.15) is 26.2 Å². The Morgan fingerprint density at radius 3 is 0.816 bits per heavy atom. The van der Waals surface area contributed by atoms with E-state index in [9.17, 15) is 48.1 Å². The number of nitrogens with zero attached hydrogens (tertiary/aromatic N) is 2. The Kier molecular flexibility index (Phi) is 15.3. The second-order valence-electron chi connectivity index (χ2n) is 9.47. The number of rotatable bonds is 7. The predicted molar refractivity (Wildman–Crippen MR) is 114 cm³/mol. The molecule has 16 heteroatoms. The van der Waals surface area contributed by atoms with Gasteiger partial charge in [-0.3, -0.25) is 4.21 Å². The zero-order valence-corrected chi connectivity index (χ0v) is 25.1. The number of benzene rings is 2. The van der Waals surface area contributed by atoms with Gasteiger partial charge in [0.2, 0.25) is 11.6 Å². The van der Waals surface area contributed by atoms with Crippen LogP contribution in [0.4, 0.5) is 43.9 Å². The summed E-state index contributed by atoms with van der Waals surface area (Å²) in [5.74, 6) is -20.8. The minimum atomic E-state index is -2.28. The first-order valence-corrected chi connectivity index (χ1v) is 12.1. The maximum absolute atomic E-state index is 14.0. The van der Waals surface area contributed by atoms with Crippen molar-refractivity contribution in [1.29, 1.82) is 0 Å². The molecule has 0 saturated heterocycles. The van der Waals surface area contributed by atoms with Crippen LogP contribution in [0, 0.1) is 58.2 Å². The molecule has 38 heavy (non-hydrogen) atoms. The summed E-state index contributed by atoms with van der Waals surface area (Å²) >= 11 is 0. The van der Waals surface area contributed by atoms with Crippen molar-refractivity contribution in [3.63, 3.8) is 0 Å². The van der Waals surface area contributed by atoms with Crippen LogP contribution in [0.1, 0.15) is 11.1 Å². The van der Waals surface area contributed by atoms with Crippen LogP contribution in [-0.4, -0.2) is 67.0 Å². The van der Waals surface area contributed by atoms with E-state index in [1.54, 1.807) is 12.5 Å². The zero-order chi connectivity index (χ0) is 28.3. The lowest BCUT2D eigenvalue weighted by Crippen LogP contribution is -3.00. The van der Waals surface area contributed by atoms with Gasteiger partial charge >= 0.3 is 0 Å². The highest BCUT2D eigenvalue weighted by Crippen LogP contribution is 2.27. The summed E-state index contributed by atoms with van der Waals surface area (Å²) in [6.45, 7) is -1.26. The molecule has 0 unspecified atom stereocenters. The van der Waals surface area contributed by atoms with E-state index in [-0.39, 0.29) is 56.0 Å². The molecule has 0 fully saturated rings. The van der Waals surface area contributed by atoms with Gasteiger partial charge in [0, 0.05) is 23.3 Å². The molecule has 220 valence electrons. The largest absolute Gasteiger partial charge is 1.00 e. The van der Waals surface area contributed by atoms with Crippen LogP contribution >= 0.6 is 0 Å². The molecule has 0 N–H and O–H groups in total. The van der Waals surface area contributed by atoms with E-state index >= 15 is 0 Å². The van der Waals surface area contributed by atoms with E-state index in [1.165, 1.54) is 28.2 Å². The van der Waals surface area contributed by atoms with Gasteiger partial charge in [0.05, 0.1) is 39.3 Å². The first-order chi connectivity index (χ1) is 16.2. The van der Waals surface area contributed by atoms with Gasteiger partial charge in [0.15, 0.2) is 46.5 Å². The van der Waals surface area contributed by atoms with Crippen LogP contribution < -0.4 is 34.0 Å². The molecule has 0 aromatic heterocycles. The zero-order valence-electron chi connectivity index (χ0n) is 21.1. The van der Waals surface area contributed by atoms with Crippen LogP contribution in [0.3, 0.4) is 0 Å². The molecule has 0 radical (unpaired) electrons. The van der Waals surface area contributed by atoms with Crippen molar-refractivity contribution in [3.05, 3.63) is 69.3 Å². The summed E-state index contributed by atoms with van der Waals surface area (Å²) in [4.78, 5) is 0. The average molecular weight is 716 g/mol. The van der Waals surface area contributed by atoms with Gasteiger partial charge in [0.25, 0.3) is 0 Å². The lowest BCUT2D eigenvalue weighted by Gasteiger charge is -2.36. The van der Waals surface area contributed by atoms with Crippen LogP contribution in [0.25, 0.3) is 0 Å². The van der Waals surface area contributed by atoms with E-state index in [2.05, 4.69) is 0 Å². The van der Waals surface area contributed by atoms with Crippen LogP contribution in [0.2, 0.25) is 0 Å². The fourth-order valence-corrected chi connectivity index (χ4v) is 3.13. The number of quaternary nitrogens is 2. The number of likely N-dealkylation sites (N-methyl/N-ethyl adjacent to an activating group) is 2. The molecular weight excluding hydrogens is 690 g/mol. The van der Waals surface area contributed by atoms with Crippen LogP contribution in [-0.2, 0) is 23.9 Å². The highest BCUT2D eigenvalue weighted by molar-refractivity contribution is 7.83. The molecule has 0 atom stereocenters. The first-order valence-electron chi connectivity index (χ1n) is 10.1. The standard InChI is InChI=1S/C20H20F10N2.C2H6OS.2BrH/c1-31(2,7-9-11(21)15(25)19(29)16(26)12(9)22)5-6-32(3,4)8-10-13(23)17(27)20(30)18(28)14(10)24;1-4(2)3;;/h5-8H2,1-4H3;1-2H3;2*1H/q+2;;;/p-2. The quantitative estimate of drug-likeness (QED) is 0.155. The maximum atomic E-state index is 14.0. The maximum Gasteiger partial charge on any atom is 0.200 e. The Labute approximate surface area is 237 Å². The van der Waals surface area contributed by atoms with Crippen molar-refractivity contribution in [1.82, 2.24) is 0 Å². The van der Waals surface area contributed by atoms with E-state index in [1.807, 2.05) is 0 Å². The smallest absolute Gasteiger partial charge is 0.200 e. The summed E-state index contributed by atoms with van der Waals surface area (Å²) in [6.07, 6.45) is 3.28. The Morgan fingerprint density at radius 2 is 0.632 bits per heavy atom. The molecular formula is C22H26Br2F10N2OS. The fraction of sp³-hybridized carbons (Fsp3) is 0.455. The third-order valence-electron chi connectivity index (χ3n) is 5.08. The second kappa shape index (κ2) is 15.0. The third-order valence-corrected chi connectivity index (χ3v) is 5.08. The molecule has 2 aromatic carbocycles. The van der Waals surface area contributed by atoms with Crippen molar-refractivity contribution in [3.8, 4) is 0 Å². The van der Waals surface area contributed by atoms with E-state index in [0.29, 0.717) is 0 Å². The summed E-state index contributed by atoms with van der Waals surface area (Å²) in [7, 11) is 5.04. The molecule has 0 aliphatic carbocycles. The highest BCUT2D eigenvalue weighted by atomic mass is 79.9. The van der Waals surface area contributed by atoms with E-state index in [4.69, 9.17) is 0 Å². The molecule has 0 spiro atoms. The minimum Gasteiger partial charge on any atom is -1.00 e. The van der Waals surface area contributed by atoms with Crippen molar-refractivity contribution in [2.75, 3.05) is 53.8 Å². The fourth-order valence-electron chi connectivity index (χ4n) is 3.13. The summed E-state index contributed by atoms with van der Waals surface area (Å²) < 4.78 is 145. The number of halogens is 12. The van der Waals surface area contributed by atoms with Crippen LogP contribution in [0.15, 0.2) is 0 Å². The summed E-state index contributed by atoms with van der Waals surface area (Å²) in [5, 5.41) is 0. The van der Waals surface area contributed by atoms with Crippen LogP contribution in [0.5, 0.6) is 0 Å². The Bertz CT molecular complexity index is 1020. The SMILES string of the molecule is CS(C)=O.C[N+](C)(CC[N+](C)(C)Cc1c(F)c(F)c(F)c(F)c1F)Cc1c(F)c(F)c(F)c(F)c1F.[Br-].[Br-]. The molecule has 2 rings (SSSR count). The Balaban J connectivity index is 0. The number of hydrogen-bond donors (Lipinski definition) is 0. The molecule has 2 aromatic rings. The van der Waals surface area contributed by atoms with E-state index < -0.39 is 93.2 Å². The van der Waals surface area contributed by atoms with E-state index in [0.717, 1.165) is 0 Å². The van der Waals surface area contributed by atoms with Crippen molar-refractivity contribution in [2.24, 2.45) is 0 Å². The predicted octanol–water partition coefficient (Wildman–Crippen LogP) is -1.07. The van der Waals surface area contributed by atoms with Gasteiger partial charge in [-0.05, 0) is 0 Å². The lowest BCUT2D eigenvalue weighted by molar-refractivity contribution is -0.958. The molecule has 0 heterocycles. The molecule has 3 nitrogen and oxygen atoms in total. The summed E-state index contributed by atoms with van der Waals surface area (Å²) in [6, 6.07) is 0. The Morgan fingerprint density at radius 1 is 0.474 bits per heavy atom. The van der Waals surface area contributed by atoms with Crippen molar-refractivity contribution in [2.45, 2.75) is 13.1 Å². The number of hydrogen-bond acceptors (Lipinski definition) is 1.